The van der Waals surface area contributed by atoms with Crippen LogP contribution in [0.15, 0.2) is 42.5 Å². The Hall–Kier alpha value is -3.26. The van der Waals surface area contributed by atoms with E-state index >= 15 is 0 Å². The van der Waals surface area contributed by atoms with Crippen molar-refractivity contribution in [3.05, 3.63) is 59.2 Å². The fourth-order valence-electron chi connectivity index (χ4n) is 2.75. The van der Waals surface area contributed by atoms with Gasteiger partial charge in [-0.15, -0.1) is 6.42 Å². The number of phenols is 1. The molecule has 0 saturated carbocycles. The molecule has 26 heavy (non-hydrogen) atoms. The molecule has 0 aliphatic heterocycles. The molecule has 2 aromatic carbocycles. The Balaban J connectivity index is 2.38. The molecule has 2 rings (SSSR count). The molecule has 5 nitrogen and oxygen atoms in total. The number of ketones is 1. The van der Waals surface area contributed by atoms with Crippen LogP contribution in [-0.4, -0.2) is 36.4 Å². The van der Waals surface area contributed by atoms with Crippen LogP contribution < -0.4 is 10.2 Å². The minimum atomic E-state index is -0.425. The average Bonchev–Trinajstić information content (AvgIpc) is 2.66. The lowest BCUT2D eigenvalue weighted by molar-refractivity contribution is 0.0946. The largest absolute Gasteiger partial charge is 0.507 e. The SMILES string of the molecule is C#CCNC(=O)c1ccccc1C(=O)c1ccc(N(CC)CC)cc1O. The fraction of sp³-hybridized carbons (Fsp3) is 0.238. The van der Waals surface area contributed by atoms with Gasteiger partial charge in [-0.2, -0.15) is 0 Å². The van der Waals surface area contributed by atoms with E-state index in [9.17, 15) is 14.7 Å². The summed E-state index contributed by atoms with van der Waals surface area (Å²) in [5, 5.41) is 12.9. The smallest absolute Gasteiger partial charge is 0.252 e. The van der Waals surface area contributed by atoms with E-state index < -0.39 is 11.7 Å². The summed E-state index contributed by atoms with van der Waals surface area (Å²) >= 11 is 0. The van der Waals surface area contributed by atoms with Gasteiger partial charge in [-0.3, -0.25) is 9.59 Å². The molecule has 5 heteroatoms. The van der Waals surface area contributed by atoms with Gasteiger partial charge in [0, 0.05) is 30.4 Å². The number of terminal acetylenes is 1. The summed E-state index contributed by atoms with van der Waals surface area (Å²) in [6, 6.07) is 11.4. The second kappa shape index (κ2) is 8.72. The van der Waals surface area contributed by atoms with Gasteiger partial charge in [-0.1, -0.05) is 24.1 Å². The second-order valence-corrected chi connectivity index (χ2v) is 5.64. The predicted octanol–water partition coefficient (Wildman–Crippen LogP) is 2.83. The summed E-state index contributed by atoms with van der Waals surface area (Å²) in [4.78, 5) is 27.2. The first kappa shape index (κ1) is 19.1. The molecule has 0 aliphatic rings. The predicted molar refractivity (Wildman–Crippen MR) is 103 cm³/mol. The minimum absolute atomic E-state index is 0.0746. The molecule has 0 saturated heterocycles. The van der Waals surface area contributed by atoms with Crippen LogP contribution in [0, 0.1) is 12.3 Å². The van der Waals surface area contributed by atoms with E-state index in [4.69, 9.17) is 6.42 Å². The summed E-state index contributed by atoms with van der Waals surface area (Å²) < 4.78 is 0. The van der Waals surface area contributed by atoms with Gasteiger partial charge < -0.3 is 15.3 Å². The summed E-state index contributed by atoms with van der Waals surface area (Å²) in [7, 11) is 0. The number of hydrogen-bond acceptors (Lipinski definition) is 4. The van der Waals surface area contributed by atoms with Crippen molar-refractivity contribution < 1.29 is 14.7 Å². The molecule has 0 aromatic heterocycles. The highest BCUT2D eigenvalue weighted by atomic mass is 16.3. The normalized spacial score (nSPS) is 10.0. The number of rotatable bonds is 7. The van der Waals surface area contributed by atoms with Gasteiger partial charge in [0.2, 0.25) is 0 Å². The van der Waals surface area contributed by atoms with Crippen LogP contribution in [0.5, 0.6) is 5.75 Å². The molecule has 0 fully saturated rings. The van der Waals surface area contributed by atoms with Crippen LogP contribution in [0.25, 0.3) is 0 Å². The van der Waals surface area contributed by atoms with Crippen LogP contribution in [0.3, 0.4) is 0 Å². The van der Waals surface area contributed by atoms with Gasteiger partial charge in [-0.25, -0.2) is 0 Å². The third-order valence-electron chi connectivity index (χ3n) is 4.12. The van der Waals surface area contributed by atoms with E-state index in [1.807, 2.05) is 13.8 Å². The van der Waals surface area contributed by atoms with Crippen molar-refractivity contribution in [3.8, 4) is 18.1 Å². The monoisotopic (exact) mass is 350 g/mol. The molecule has 0 bridgehead atoms. The van der Waals surface area contributed by atoms with E-state index in [1.54, 1.807) is 42.5 Å². The standard InChI is InChI=1S/C21H22N2O3/c1-4-13-22-21(26)17-10-8-7-9-16(17)20(25)18-12-11-15(14-19(18)24)23(5-2)6-3/h1,7-12,14,24H,5-6,13H2,2-3H3,(H,22,26). The Morgan fingerprint density at radius 3 is 2.31 bits per heavy atom. The van der Waals surface area contributed by atoms with Gasteiger partial charge in [0.15, 0.2) is 5.78 Å². The third-order valence-corrected chi connectivity index (χ3v) is 4.12. The zero-order valence-corrected chi connectivity index (χ0v) is 15.0. The number of benzene rings is 2. The lowest BCUT2D eigenvalue weighted by Crippen LogP contribution is -2.25. The van der Waals surface area contributed by atoms with Crippen LogP contribution in [0.1, 0.15) is 40.1 Å². The maximum Gasteiger partial charge on any atom is 0.252 e. The number of hydrogen-bond donors (Lipinski definition) is 2. The van der Waals surface area contributed by atoms with Crippen molar-refractivity contribution in [3.63, 3.8) is 0 Å². The molecule has 0 spiro atoms. The molecule has 0 atom stereocenters. The van der Waals surface area contributed by atoms with Gasteiger partial charge in [0.25, 0.3) is 5.91 Å². The molecular formula is C21H22N2O3. The number of phenolic OH excluding ortho intramolecular Hbond substituents is 1. The zero-order valence-electron chi connectivity index (χ0n) is 15.0. The van der Waals surface area contributed by atoms with Crippen LogP contribution in [-0.2, 0) is 0 Å². The topological polar surface area (TPSA) is 69.6 Å². The number of amides is 1. The number of anilines is 1. The van der Waals surface area contributed by atoms with E-state index in [0.29, 0.717) is 0 Å². The molecular weight excluding hydrogens is 328 g/mol. The lowest BCUT2D eigenvalue weighted by atomic mass is 9.97. The first-order valence-electron chi connectivity index (χ1n) is 8.46. The van der Waals surface area contributed by atoms with Crippen molar-refractivity contribution in [1.82, 2.24) is 5.32 Å². The van der Waals surface area contributed by atoms with Gasteiger partial charge in [0.05, 0.1) is 17.7 Å². The minimum Gasteiger partial charge on any atom is -0.507 e. The number of aromatic hydroxyl groups is 1. The van der Waals surface area contributed by atoms with Gasteiger partial charge in [-0.05, 0) is 32.0 Å². The van der Waals surface area contributed by atoms with Crippen molar-refractivity contribution in [2.75, 3.05) is 24.5 Å². The van der Waals surface area contributed by atoms with E-state index in [-0.39, 0.29) is 29.0 Å². The maximum atomic E-state index is 12.9. The molecule has 0 unspecified atom stereocenters. The van der Waals surface area contributed by atoms with E-state index in [1.165, 1.54) is 0 Å². The highest BCUT2D eigenvalue weighted by Crippen LogP contribution is 2.27. The fourth-order valence-corrected chi connectivity index (χ4v) is 2.75. The molecule has 0 aliphatic carbocycles. The van der Waals surface area contributed by atoms with Crippen molar-refractivity contribution >= 4 is 17.4 Å². The Kier molecular flexibility index (Phi) is 6.40. The van der Waals surface area contributed by atoms with Gasteiger partial charge in [0.1, 0.15) is 5.75 Å². The molecule has 134 valence electrons. The summed E-state index contributed by atoms with van der Waals surface area (Å²) in [5.41, 5.74) is 1.43. The highest BCUT2D eigenvalue weighted by Gasteiger charge is 2.20. The van der Waals surface area contributed by atoms with Crippen molar-refractivity contribution in [2.24, 2.45) is 0 Å². The maximum absolute atomic E-state index is 12.9. The number of nitrogens with zero attached hydrogens (tertiary/aromatic N) is 1. The Bertz CT molecular complexity index is 849. The summed E-state index contributed by atoms with van der Waals surface area (Å²) in [6.45, 7) is 5.70. The Labute approximate surface area is 153 Å². The molecule has 0 heterocycles. The second-order valence-electron chi connectivity index (χ2n) is 5.64. The number of carbonyl (C=O) groups excluding carboxylic acids is 2. The van der Waals surface area contributed by atoms with Crippen LogP contribution in [0.4, 0.5) is 5.69 Å². The van der Waals surface area contributed by atoms with E-state index in [0.717, 1.165) is 18.8 Å². The molecule has 2 aromatic rings. The van der Waals surface area contributed by atoms with Crippen LogP contribution >= 0.6 is 0 Å². The zero-order chi connectivity index (χ0) is 19.1. The Morgan fingerprint density at radius 2 is 1.73 bits per heavy atom. The average molecular weight is 350 g/mol. The van der Waals surface area contributed by atoms with E-state index in [2.05, 4.69) is 16.1 Å². The van der Waals surface area contributed by atoms with Gasteiger partial charge >= 0.3 is 0 Å². The van der Waals surface area contributed by atoms with Crippen molar-refractivity contribution in [2.45, 2.75) is 13.8 Å². The molecule has 2 N–H and O–H groups in total. The number of nitrogens with one attached hydrogen (secondary N) is 1. The highest BCUT2D eigenvalue weighted by molar-refractivity contribution is 6.16. The van der Waals surface area contributed by atoms with Crippen LogP contribution in [0.2, 0.25) is 0 Å². The first-order chi connectivity index (χ1) is 12.5. The third kappa shape index (κ3) is 4.04. The summed E-state index contributed by atoms with van der Waals surface area (Å²) in [5.74, 6) is 1.37. The Morgan fingerprint density at radius 1 is 1.08 bits per heavy atom. The quantitative estimate of drug-likeness (QED) is 0.595. The molecule has 0 radical (unpaired) electrons. The number of carbonyl (C=O) groups is 2. The molecule has 1 amide bonds. The van der Waals surface area contributed by atoms with Crippen molar-refractivity contribution in [1.29, 1.82) is 0 Å². The summed E-state index contributed by atoms with van der Waals surface area (Å²) in [6.07, 6.45) is 5.16. The first-order valence-corrected chi connectivity index (χ1v) is 8.46. The lowest BCUT2D eigenvalue weighted by Gasteiger charge is -2.21.